The van der Waals surface area contributed by atoms with Crippen LogP contribution in [0.4, 0.5) is 23.8 Å². The molecule has 194 valence electrons. The van der Waals surface area contributed by atoms with E-state index in [2.05, 4.69) is 20.9 Å². The van der Waals surface area contributed by atoms with E-state index in [1.54, 1.807) is 26.8 Å². The molecule has 2 fully saturated rings. The van der Waals surface area contributed by atoms with Crippen LogP contribution in [-0.2, 0) is 20.9 Å². The van der Waals surface area contributed by atoms with Crippen molar-refractivity contribution in [2.24, 2.45) is 17.8 Å². The highest BCUT2D eigenvalue weighted by atomic mass is 19.4. The van der Waals surface area contributed by atoms with E-state index in [4.69, 9.17) is 4.74 Å². The summed E-state index contributed by atoms with van der Waals surface area (Å²) in [5.41, 5.74) is -0.145. The average Bonchev–Trinajstić information content (AvgIpc) is 3.63. The molecule has 2 aliphatic carbocycles. The van der Waals surface area contributed by atoms with Crippen molar-refractivity contribution in [1.82, 2.24) is 15.6 Å². The van der Waals surface area contributed by atoms with Gasteiger partial charge in [0.2, 0.25) is 11.8 Å². The maximum Gasteiger partial charge on any atom is 0.408 e. The van der Waals surface area contributed by atoms with Crippen molar-refractivity contribution in [2.45, 2.75) is 83.7 Å². The number of aromatic nitrogens is 1. The van der Waals surface area contributed by atoms with Crippen LogP contribution in [0.2, 0.25) is 0 Å². The summed E-state index contributed by atoms with van der Waals surface area (Å²) < 4.78 is 42.2. The molecule has 0 radical (unpaired) electrons. The van der Waals surface area contributed by atoms with Crippen LogP contribution in [0.3, 0.4) is 0 Å². The van der Waals surface area contributed by atoms with E-state index in [1.807, 2.05) is 0 Å². The van der Waals surface area contributed by atoms with Gasteiger partial charge >= 0.3 is 12.3 Å². The Morgan fingerprint density at radius 2 is 1.74 bits per heavy atom. The van der Waals surface area contributed by atoms with Gasteiger partial charge in [0.15, 0.2) is 0 Å². The normalized spacial score (nSPS) is 17.0. The first-order valence-electron chi connectivity index (χ1n) is 11.9. The Bertz CT molecular complexity index is 912. The lowest BCUT2D eigenvalue weighted by Crippen LogP contribution is -2.51. The number of carbonyl (C=O) groups is 3. The van der Waals surface area contributed by atoms with E-state index in [9.17, 15) is 27.6 Å². The zero-order chi connectivity index (χ0) is 25.8. The van der Waals surface area contributed by atoms with Crippen molar-refractivity contribution >= 4 is 23.7 Å². The number of halogens is 3. The number of pyridine rings is 1. The second-order valence-electron chi connectivity index (χ2n) is 10.3. The van der Waals surface area contributed by atoms with Crippen molar-refractivity contribution in [3.8, 4) is 0 Å². The molecule has 0 saturated heterocycles. The van der Waals surface area contributed by atoms with E-state index >= 15 is 0 Å². The Hall–Kier alpha value is -2.85. The monoisotopic (exact) mass is 498 g/mol. The number of alkyl carbamates (subject to hydrolysis) is 1. The van der Waals surface area contributed by atoms with E-state index in [0.29, 0.717) is 17.4 Å². The molecule has 1 atom stereocenters. The fourth-order valence-electron chi connectivity index (χ4n) is 4.06. The van der Waals surface area contributed by atoms with Gasteiger partial charge in [-0.15, -0.1) is 0 Å². The van der Waals surface area contributed by atoms with Gasteiger partial charge in [-0.05, 0) is 81.9 Å². The smallest absolute Gasteiger partial charge is 0.408 e. The molecule has 3 N–H and O–H groups in total. The Morgan fingerprint density at radius 3 is 2.29 bits per heavy atom. The predicted octanol–water partition coefficient (Wildman–Crippen LogP) is 4.31. The zero-order valence-corrected chi connectivity index (χ0v) is 20.2. The molecule has 3 amide bonds. The van der Waals surface area contributed by atoms with Crippen LogP contribution in [0, 0.1) is 17.8 Å². The maximum atomic E-state index is 13.3. The number of alkyl halides is 3. The van der Waals surface area contributed by atoms with Gasteiger partial charge in [-0.2, -0.15) is 13.2 Å². The molecular formula is C24H33F3N4O4. The lowest BCUT2D eigenvalue weighted by Gasteiger charge is -2.29. The third-order valence-electron chi connectivity index (χ3n) is 5.87. The highest BCUT2D eigenvalue weighted by Crippen LogP contribution is 2.50. The number of ether oxygens (including phenoxy) is 1. The summed E-state index contributed by atoms with van der Waals surface area (Å²) in [4.78, 5) is 41.6. The fourth-order valence-corrected chi connectivity index (χ4v) is 4.06. The highest BCUT2D eigenvalue weighted by Gasteiger charge is 2.48. The molecule has 0 aliphatic heterocycles. The van der Waals surface area contributed by atoms with Crippen LogP contribution in [0.5, 0.6) is 0 Å². The van der Waals surface area contributed by atoms with Crippen molar-refractivity contribution in [3.63, 3.8) is 0 Å². The van der Waals surface area contributed by atoms with Crippen LogP contribution in [-0.4, -0.2) is 40.7 Å². The van der Waals surface area contributed by atoms with Crippen molar-refractivity contribution in [2.75, 3.05) is 5.32 Å². The van der Waals surface area contributed by atoms with Gasteiger partial charge in [-0.3, -0.25) is 9.59 Å². The maximum absolute atomic E-state index is 13.3. The second kappa shape index (κ2) is 10.8. The molecule has 1 heterocycles. The number of amides is 3. The third kappa shape index (κ3) is 9.37. The molecule has 0 spiro atoms. The summed E-state index contributed by atoms with van der Waals surface area (Å²) >= 11 is 0. The lowest BCUT2D eigenvalue weighted by atomic mass is 9.89. The van der Waals surface area contributed by atoms with E-state index in [1.165, 1.54) is 12.3 Å². The standard InChI is InChI=1S/C24H33F3N4O4/c1-23(2,3)35-22(34)31-20(19(15-4-5-15)16-6-7-16)21(33)30-17-12-14(9-11-28-17)13-29-18(32)8-10-24(25,26)27/h9,11-12,15-16,19-20H,4-8,10,13H2,1-3H3,(H,29,32)(H,31,34)(H,28,30,33)/t20-/m0/s1. The van der Waals surface area contributed by atoms with Gasteiger partial charge in [0, 0.05) is 19.2 Å². The van der Waals surface area contributed by atoms with Gasteiger partial charge in [0.05, 0.1) is 6.42 Å². The number of hydrogen-bond donors (Lipinski definition) is 3. The van der Waals surface area contributed by atoms with Crippen LogP contribution in [0.1, 0.15) is 64.9 Å². The molecule has 1 aromatic heterocycles. The Labute approximate surface area is 202 Å². The number of rotatable bonds is 10. The average molecular weight is 499 g/mol. The first-order valence-corrected chi connectivity index (χ1v) is 11.9. The SMILES string of the molecule is CC(C)(C)OC(=O)N[C@H](C(=O)Nc1cc(CNC(=O)CCC(F)(F)F)ccn1)C(C1CC1)C1CC1. The molecular weight excluding hydrogens is 465 g/mol. The van der Waals surface area contributed by atoms with Gasteiger partial charge in [-0.25, -0.2) is 9.78 Å². The predicted molar refractivity (Wildman–Crippen MR) is 122 cm³/mol. The highest BCUT2D eigenvalue weighted by molar-refractivity contribution is 5.96. The Balaban J connectivity index is 1.63. The quantitative estimate of drug-likeness (QED) is 0.446. The van der Waals surface area contributed by atoms with E-state index < -0.39 is 48.6 Å². The molecule has 1 aromatic rings. The van der Waals surface area contributed by atoms with Gasteiger partial charge in [0.25, 0.3) is 0 Å². The molecule has 0 aromatic carbocycles. The summed E-state index contributed by atoms with van der Waals surface area (Å²) in [6, 6.07) is 2.35. The summed E-state index contributed by atoms with van der Waals surface area (Å²) in [5.74, 6) is -0.141. The minimum absolute atomic E-state index is 0.00551. The number of nitrogens with one attached hydrogen (secondary N) is 3. The van der Waals surface area contributed by atoms with Crippen molar-refractivity contribution < 1.29 is 32.3 Å². The minimum atomic E-state index is -4.39. The van der Waals surface area contributed by atoms with Crippen molar-refractivity contribution in [3.05, 3.63) is 23.9 Å². The molecule has 2 saturated carbocycles. The van der Waals surface area contributed by atoms with Crippen LogP contribution in [0.15, 0.2) is 18.3 Å². The molecule has 8 nitrogen and oxygen atoms in total. The number of hydrogen-bond acceptors (Lipinski definition) is 5. The Morgan fingerprint density at radius 1 is 1.11 bits per heavy atom. The van der Waals surface area contributed by atoms with Gasteiger partial charge in [0.1, 0.15) is 17.5 Å². The lowest BCUT2D eigenvalue weighted by molar-refractivity contribution is -0.144. The fraction of sp³-hybridized carbons (Fsp3) is 0.667. The second-order valence-corrected chi connectivity index (χ2v) is 10.3. The summed E-state index contributed by atoms with van der Waals surface area (Å²) in [6.07, 6.45) is -1.40. The van der Waals surface area contributed by atoms with Gasteiger partial charge in [-0.1, -0.05) is 0 Å². The third-order valence-corrected chi connectivity index (χ3v) is 5.87. The molecule has 3 rings (SSSR count). The Kier molecular flexibility index (Phi) is 8.27. The topological polar surface area (TPSA) is 109 Å². The first kappa shape index (κ1) is 26.7. The summed E-state index contributed by atoms with van der Waals surface area (Å²) in [5, 5.41) is 7.95. The van der Waals surface area contributed by atoms with Crippen LogP contribution >= 0.6 is 0 Å². The molecule has 11 heteroatoms. The van der Waals surface area contributed by atoms with Gasteiger partial charge < -0.3 is 20.7 Å². The summed E-state index contributed by atoms with van der Waals surface area (Å²) in [6.45, 7) is 5.24. The number of carbonyl (C=O) groups excluding carboxylic acids is 3. The molecule has 2 aliphatic rings. The van der Waals surface area contributed by atoms with Crippen molar-refractivity contribution in [1.29, 1.82) is 0 Å². The summed E-state index contributed by atoms with van der Waals surface area (Å²) in [7, 11) is 0. The first-order chi connectivity index (χ1) is 16.3. The molecule has 0 unspecified atom stereocenters. The molecule has 35 heavy (non-hydrogen) atoms. The number of anilines is 1. The number of nitrogens with zero attached hydrogens (tertiary/aromatic N) is 1. The van der Waals surface area contributed by atoms with E-state index in [0.717, 1.165) is 25.7 Å². The van der Waals surface area contributed by atoms with Crippen LogP contribution in [0.25, 0.3) is 0 Å². The van der Waals surface area contributed by atoms with E-state index in [-0.39, 0.29) is 18.3 Å². The molecule has 0 bridgehead atoms. The minimum Gasteiger partial charge on any atom is -0.444 e. The largest absolute Gasteiger partial charge is 0.444 e. The zero-order valence-electron chi connectivity index (χ0n) is 20.2. The van der Waals surface area contributed by atoms with Crippen LogP contribution < -0.4 is 16.0 Å².